The second-order valence-corrected chi connectivity index (χ2v) is 9.03. The van der Waals surface area contributed by atoms with Gasteiger partial charge >= 0.3 is 0 Å². The van der Waals surface area contributed by atoms with Crippen molar-refractivity contribution >= 4 is 43.7 Å². The van der Waals surface area contributed by atoms with E-state index in [1.54, 1.807) is 24.3 Å². The Bertz CT molecular complexity index is 832. The predicted molar refractivity (Wildman–Crippen MR) is 134 cm³/mol. The third kappa shape index (κ3) is 8.47. The lowest BCUT2D eigenvalue weighted by Crippen LogP contribution is -2.35. The van der Waals surface area contributed by atoms with Gasteiger partial charge in [0.25, 0.3) is 11.8 Å². The van der Waals surface area contributed by atoms with E-state index in [4.69, 9.17) is 9.47 Å². The molecule has 0 radical (unpaired) electrons. The van der Waals surface area contributed by atoms with Gasteiger partial charge in [-0.2, -0.15) is 0 Å². The fourth-order valence-corrected chi connectivity index (χ4v) is 3.53. The second-order valence-electron chi connectivity index (χ2n) is 7.20. The number of carbonyl (C=O) groups is 2. The highest BCUT2D eigenvalue weighted by molar-refractivity contribution is 9.10. The summed E-state index contributed by atoms with van der Waals surface area (Å²) in [5.74, 6) is 0.591. The number of ether oxygens (including phenoxy) is 2. The molecule has 0 unspecified atom stereocenters. The highest BCUT2D eigenvalue weighted by atomic mass is 79.9. The van der Waals surface area contributed by atoms with Crippen molar-refractivity contribution in [1.29, 1.82) is 0 Å². The van der Waals surface area contributed by atoms with Gasteiger partial charge in [-0.15, -0.1) is 0 Å². The first-order valence-electron chi connectivity index (χ1n) is 10.9. The van der Waals surface area contributed by atoms with Crippen LogP contribution >= 0.6 is 31.9 Å². The summed E-state index contributed by atoms with van der Waals surface area (Å²) in [5, 5.41) is 5.67. The van der Waals surface area contributed by atoms with E-state index in [2.05, 4.69) is 56.3 Å². The summed E-state index contributed by atoms with van der Waals surface area (Å²) in [6.07, 6.45) is 3.87. The molecule has 0 heterocycles. The monoisotopic (exact) mass is 568 g/mol. The minimum atomic E-state index is -0.252. The van der Waals surface area contributed by atoms with Crippen molar-refractivity contribution in [3.63, 3.8) is 0 Å². The third-order valence-corrected chi connectivity index (χ3v) is 5.57. The van der Waals surface area contributed by atoms with Gasteiger partial charge < -0.3 is 20.1 Å². The molecule has 0 atom stereocenters. The maximum absolute atomic E-state index is 12.7. The molecular formula is C24H30Br2N2O4. The molecule has 0 fully saturated rings. The number of hydrogen-bond donors (Lipinski definition) is 2. The summed E-state index contributed by atoms with van der Waals surface area (Å²) in [4.78, 5) is 25.3. The van der Waals surface area contributed by atoms with E-state index in [0.29, 0.717) is 35.8 Å². The average Bonchev–Trinajstić information content (AvgIpc) is 2.78. The molecule has 0 aromatic heterocycles. The number of hydrogen-bond acceptors (Lipinski definition) is 4. The van der Waals surface area contributed by atoms with Crippen LogP contribution in [0.25, 0.3) is 0 Å². The Balaban J connectivity index is 1.91. The molecule has 2 aromatic rings. The molecule has 0 saturated heterocycles. The number of unbranched alkanes of at least 4 members (excludes halogenated alkanes) is 2. The molecule has 0 aliphatic carbocycles. The van der Waals surface area contributed by atoms with Crippen LogP contribution in [0.5, 0.6) is 11.5 Å². The molecule has 2 aromatic carbocycles. The zero-order valence-corrected chi connectivity index (χ0v) is 21.7. The van der Waals surface area contributed by atoms with Crippen molar-refractivity contribution in [3.05, 3.63) is 56.5 Å². The van der Waals surface area contributed by atoms with Gasteiger partial charge in [-0.3, -0.25) is 9.59 Å². The summed E-state index contributed by atoms with van der Waals surface area (Å²) in [7, 11) is 0. The summed E-state index contributed by atoms with van der Waals surface area (Å²) < 4.78 is 13.1. The average molecular weight is 570 g/mol. The standard InChI is InChI=1S/C24H30Br2N2O4/c1-3-5-13-31-21-9-7-17(25)15-19(21)23(29)27-11-12-28-24(30)20-16-18(26)8-10-22(20)32-14-6-4-2/h7-10,15-16H,3-6,11-14H2,1-2H3,(H,27,29)(H,28,30). The van der Waals surface area contributed by atoms with E-state index in [-0.39, 0.29) is 24.9 Å². The molecule has 2 rings (SSSR count). The zero-order valence-electron chi connectivity index (χ0n) is 18.5. The van der Waals surface area contributed by atoms with Crippen LogP contribution in [0.4, 0.5) is 0 Å². The van der Waals surface area contributed by atoms with Crippen LogP contribution in [0.3, 0.4) is 0 Å². The van der Waals surface area contributed by atoms with Gasteiger partial charge in [-0.25, -0.2) is 0 Å². The summed E-state index contributed by atoms with van der Waals surface area (Å²) in [5.41, 5.74) is 0.917. The highest BCUT2D eigenvalue weighted by Gasteiger charge is 2.15. The minimum absolute atomic E-state index is 0.252. The third-order valence-electron chi connectivity index (χ3n) is 4.58. The van der Waals surface area contributed by atoms with Gasteiger partial charge in [0.05, 0.1) is 24.3 Å². The van der Waals surface area contributed by atoms with Crippen molar-refractivity contribution in [2.75, 3.05) is 26.3 Å². The lowest BCUT2D eigenvalue weighted by molar-refractivity contribution is 0.0923. The molecule has 32 heavy (non-hydrogen) atoms. The first-order chi connectivity index (χ1) is 15.5. The molecular weight excluding hydrogens is 540 g/mol. The van der Waals surface area contributed by atoms with E-state index >= 15 is 0 Å². The molecule has 6 nitrogen and oxygen atoms in total. The Morgan fingerprint density at radius 3 is 1.53 bits per heavy atom. The van der Waals surface area contributed by atoms with Crippen molar-refractivity contribution < 1.29 is 19.1 Å². The van der Waals surface area contributed by atoms with Crippen molar-refractivity contribution in [2.24, 2.45) is 0 Å². The van der Waals surface area contributed by atoms with Gasteiger partial charge in [0.2, 0.25) is 0 Å². The van der Waals surface area contributed by atoms with Crippen molar-refractivity contribution in [2.45, 2.75) is 39.5 Å². The lowest BCUT2D eigenvalue weighted by atomic mass is 10.2. The Hall–Kier alpha value is -2.06. The largest absolute Gasteiger partial charge is 0.493 e. The molecule has 0 aliphatic heterocycles. The summed E-state index contributed by atoms with van der Waals surface area (Å²) in [6, 6.07) is 10.7. The molecule has 2 N–H and O–H groups in total. The van der Waals surface area contributed by atoms with Crippen LogP contribution in [0.2, 0.25) is 0 Å². The first kappa shape index (κ1) is 26.2. The smallest absolute Gasteiger partial charge is 0.255 e. The maximum Gasteiger partial charge on any atom is 0.255 e. The quantitative estimate of drug-likeness (QED) is 0.302. The number of nitrogens with one attached hydrogen (secondary N) is 2. The number of benzene rings is 2. The Labute approximate surface area is 206 Å². The normalized spacial score (nSPS) is 10.5. The number of amides is 2. The van der Waals surface area contributed by atoms with Gasteiger partial charge in [0.15, 0.2) is 0 Å². The van der Waals surface area contributed by atoms with Crippen molar-refractivity contribution in [1.82, 2.24) is 10.6 Å². The van der Waals surface area contributed by atoms with Gasteiger partial charge in [0.1, 0.15) is 11.5 Å². The van der Waals surface area contributed by atoms with Crippen LogP contribution in [-0.2, 0) is 0 Å². The fraction of sp³-hybridized carbons (Fsp3) is 0.417. The summed E-state index contributed by atoms with van der Waals surface area (Å²) >= 11 is 6.80. The van der Waals surface area contributed by atoms with Gasteiger partial charge in [0, 0.05) is 22.0 Å². The molecule has 174 valence electrons. The van der Waals surface area contributed by atoms with Crippen molar-refractivity contribution in [3.8, 4) is 11.5 Å². The Morgan fingerprint density at radius 2 is 1.16 bits per heavy atom. The molecule has 0 spiro atoms. The maximum atomic E-state index is 12.7. The fourth-order valence-electron chi connectivity index (χ4n) is 2.81. The second kappa shape index (κ2) is 14.2. The first-order valence-corrected chi connectivity index (χ1v) is 12.5. The van der Waals surface area contributed by atoms with E-state index < -0.39 is 0 Å². The van der Waals surface area contributed by atoms with Gasteiger partial charge in [-0.1, -0.05) is 58.5 Å². The molecule has 0 bridgehead atoms. The van der Waals surface area contributed by atoms with Crippen LogP contribution in [0.15, 0.2) is 45.3 Å². The summed E-state index contributed by atoms with van der Waals surface area (Å²) in [6.45, 7) is 5.85. The molecule has 2 amide bonds. The highest BCUT2D eigenvalue weighted by Crippen LogP contribution is 2.24. The molecule has 0 saturated carbocycles. The van der Waals surface area contributed by atoms with E-state index in [1.807, 2.05) is 12.1 Å². The topological polar surface area (TPSA) is 76.7 Å². The zero-order chi connectivity index (χ0) is 23.3. The molecule has 8 heteroatoms. The minimum Gasteiger partial charge on any atom is -0.493 e. The number of carbonyl (C=O) groups excluding carboxylic acids is 2. The Kier molecular flexibility index (Phi) is 11.6. The van der Waals surface area contributed by atoms with Gasteiger partial charge in [-0.05, 0) is 49.2 Å². The molecule has 0 aliphatic rings. The van der Waals surface area contributed by atoms with E-state index in [9.17, 15) is 9.59 Å². The number of rotatable bonds is 13. The lowest BCUT2D eigenvalue weighted by Gasteiger charge is -2.14. The SMILES string of the molecule is CCCCOc1ccc(Br)cc1C(=O)NCCNC(=O)c1cc(Br)ccc1OCCCC. The van der Waals surface area contributed by atoms with Crippen LogP contribution in [0, 0.1) is 0 Å². The van der Waals surface area contributed by atoms with Crippen LogP contribution < -0.4 is 20.1 Å². The van der Waals surface area contributed by atoms with Crippen LogP contribution in [0.1, 0.15) is 60.2 Å². The number of halogens is 2. The predicted octanol–water partition coefficient (Wildman–Crippen LogP) is 5.73. The van der Waals surface area contributed by atoms with E-state index in [1.165, 1.54) is 0 Å². The van der Waals surface area contributed by atoms with Crippen LogP contribution in [-0.4, -0.2) is 38.1 Å². The Morgan fingerprint density at radius 1 is 0.750 bits per heavy atom. The van der Waals surface area contributed by atoms with E-state index in [0.717, 1.165) is 34.6 Å².